The highest BCUT2D eigenvalue weighted by molar-refractivity contribution is 5.99. The van der Waals surface area contributed by atoms with Crippen LogP contribution in [0.3, 0.4) is 0 Å². The Labute approximate surface area is 101 Å². The molecule has 0 saturated carbocycles. The number of carbonyl (C=O) groups excluding carboxylic acids is 2. The van der Waals surface area contributed by atoms with Gasteiger partial charge >= 0.3 is 0 Å². The van der Waals surface area contributed by atoms with E-state index in [0.717, 1.165) is 11.1 Å². The SMILES string of the molecule is CC(=O)C1=C(C)NC(=O)CC1c1ccccc1. The highest BCUT2D eigenvalue weighted by atomic mass is 16.2. The standard InChI is InChI=1S/C14H15NO2/c1-9-14(10(2)16)12(8-13(17)15-9)11-6-4-3-5-7-11/h3-7,12H,8H2,1-2H3,(H,15,17). The summed E-state index contributed by atoms with van der Waals surface area (Å²) in [4.78, 5) is 23.3. The van der Waals surface area contributed by atoms with Crippen LogP contribution in [-0.2, 0) is 9.59 Å². The maximum Gasteiger partial charge on any atom is 0.225 e. The van der Waals surface area contributed by atoms with Gasteiger partial charge in [0.05, 0.1) is 0 Å². The molecule has 88 valence electrons. The minimum Gasteiger partial charge on any atom is -0.330 e. The van der Waals surface area contributed by atoms with Crippen LogP contribution in [0.1, 0.15) is 31.7 Å². The first-order chi connectivity index (χ1) is 8.09. The third kappa shape index (κ3) is 2.28. The maximum absolute atomic E-state index is 11.7. The van der Waals surface area contributed by atoms with Crippen molar-refractivity contribution in [1.82, 2.24) is 5.32 Å². The number of rotatable bonds is 2. The van der Waals surface area contributed by atoms with Crippen LogP contribution in [0.4, 0.5) is 0 Å². The molecule has 3 heteroatoms. The summed E-state index contributed by atoms with van der Waals surface area (Å²) in [6.45, 7) is 3.33. The number of nitrogens with one attached hydrogen (secondary N) is 1. The van der Waals surface area contributed by atoms with Crippen molar-refractivity contribution in [3.63, 3.8) is 0 Å². The Hall–Kier alpha value is -1.90. The highest BCUT2D eigenvalue weighted by Crippen LogP contribution is 2.32. The highest BCUT2D eigenvalue weighted by Gasteiger charge is 2.29. The van der Waals surface area contributed by atoms with Crippen LogP contribution < -0.4 is 5.32 Å². The Morgan fingerprint density at radius 2 is 1.94 bits per heavy atom. The molecule has 2 rings (SSSR count). The van der Waals surface area contributed by atoms with Gasteiger partial charge in [-0.1, -0.05) is 30.3 Å². The number of hydrogen-bond acceptors (Lipinski definition) is 2. The number of benzene rings is 1. The van der Waals surface area contributed by atoms with Gasteiger partial charge in [-0.25, -0.2) is 0 Å². The van der Waals surface area contributed by atoms with Crippen molar-refractivity contribution >= 4 is 11.7 Å². The van der Waals surface area contributed by atoms with Crippen molar-refractivity contribution in [3.05, 3.63) is 47.2 Å². The molecule has 0 aliphatic carbocycles. The number of Topliss-reactive ketones (excluding diaryl/α,β-unsaturated/α-hetero) is 1. The molecule has 0 bridgehead atoms. The summed E-state index contributed by atoms with van der Waals surface area (Å²) in [6.07, 6.45) is 0.344. The zero-order chi connectivity index (χ0) is 12.4. The molecule has 17 heavy (non-hydrogen) atoms. The Kier molecular flexibility index (Phi) is 3.09. The Bertz CT molecular complexity index is 488. The Morgan fingerprint density at radius 3 is 2.53 bits per heavy atom. The van der Waals surface area contributed by atoms with E-state index in [1.165, 1.54) is 0 Å². The maximum atomic E-state index is 11.7. The zero-order valence-corrected chi connectivity index (χ0v) is 9.99. The van der Waals surface area contributed by atoms with E-state index in [9.17, 15) is 9.59 Å². The number of hydrogen-bond donors (Lipinski definition) is 1. The van der Waals surface area contributed by atoms with Crippen molar-refractivity contribution in [2.45, 2.75) is 26.2 Å². The molecular weight excluding hydrogens is 214 g/mol. The van der Waals surface area contributed by atoms with Crippen LogP contribution in [0.25, 0.3) is 0 Å². The van der Waals surface area contributed by atoms with Gasteiger partial charge in [0.2, 0.25) is 5.91 Å². The number of carbonyl (C=O) groups is 2. The van der Waals surface area contributed by atoms with Gasteiger partial charge in [-0.2, -0.15) is 0 Å². The fourth-order valence-electron chi connectivity index (χ4n) is 2.36. The summed E-state index contributed by atoms with van der Waals surface area (Å²) in [7, 11) is 0. The molecule has 0 saturated heterocycles. The largest absolute Gasteiger partial charge is 0.330 e. The number of ketones is 1. The van der Waals surface area contributed by atoms with Gasteiger partial charge in [-0.05, 0) is 19.4 Å². The van der Waals surface area contributed by atoms with Gasteiger partial charge in [0.25, 0.3) is 0 Å². The average Bonchev–Trinajstić information content (AvgIpc) is 2.28. The summed E-state index contributed by atoms with van der Waals surface area (Å²) >= 11 is 0. The monoisotopic (exact) mass is 229 g/mol. The van der Waals surface area contributed by atoms with Gasteiger partial charge < -0.3 is 5.32 Å². The molecule has 1 aromatic rings. The van der Waals surface area contributed by atoms with E-state index < -0.39 is 0 Å². The van der Waals surface area contributed by atoms with E-state index >= 15 is 0 Å². The molecule has 1 heterocycles. The minimum atomic E-state index is -0.109. The minimum absolute atomic E-state index is 0.0244. The lowest BCUT2D eigenvalue weighted by molar-refractivity contribution is -0.121. The molecule has 1 aromatic carbocycles. The van der Waals surface area contributed by atoms with Crippen LogP contribution in [0, 0.1) is 0 Å². The lowest BCUT2D eigenvalue weighted by atomic mass is 9.83. The zero-order valence-electron chi connectivity index (χ0n) is 9.99. The second kappa shape index (κ2) is 4.53. The number of allylic oxidation sites excluding steroid dienone is 2. The smallest absolute Gasteiger partial charge is 0.225 e. The first kappa shape index (κ1) is 11.6. The third-order valence-electron chi connectivity index (χ3n) is 3.05. The van der Waals surface area contributed by atoms with E-state index in [4.69, 9.17) is 0 Å². The van der Waals surface area contributed by atoms with Crippen molar-refractivity contribution in [2.24, 2.45) is 0 Å². The molecule has 0 spiro atoms. The first-order valence-electron chi connectivity index (χ1n) is 5.66. The predicted octanol–water partition coefficient (Wildman–Crippen LogP) is 2.15. The van der Waals surface area contributed by atoms with E-state index in [2.05, 4.69) is 5.32 Å². The topological polar surface area (TPSA) is 46.2 Å². The van der Waals surface area contributed by atoms with Gasteiger partial charge in [0, 0.05) is 23.6 Å². The fourth-order valence-corrected chi connectivity index (χ4v) is 2.36. The molecule has 1 aliphatic heterocycles. The van der Waals surface area contributed by atoms with E-state index in [-0.39, 0.29) is 17.6 Å². The van der Waals surface area contributed by atoms with Crippen molar-refractivity contribution in [3.8, 4) is 0 Å². The molecule has 3 nitrogen and oxygen atoms in total. The van der Waals surface area contributed by atoms with Crippen molar-refractivity contribution in [1.29, 1.82) is 0 Å². The molecule has 1 amide bonds. The van der Waals surface area contributed by atoms with Gasteiger partial charge in [-0.15, -0.1) is 0 Å². The third-order valence-corrected chi connectivity index (χ3v) is 3.05. The molecular formula is C14H15NO2. The Balaban J connectivity index is 2.47. The average molecular weight is 229 g/mol. The first-order valence-corrected chi connectivity index (χ1v) is 5.66. The van der Waals surface area contributed by atoms with E-state index in [1.807, 2.05) is 30.3 Å². The second-order valence-corrected chi connectivity index (χ2v) is 4.31. The van der Waals surface area contributed by atoms with Crippen molar-refractivity contribution < 1.29 is 9.59 Å². The van der Waals surface area contributed by atoms with E-state index in [0.29, 0.717) is 12.1 Å². The van der Waals surface area contributed by atoms with Gasteiger partial charge in [0.1, 0.15) is 0 Å². The van der Waals surface area contributed by atoms with Crippen molar-refractivity contribution in [2.75, 3.05) is 0 Å². The molecule has 1 aliphatic rings. The normalized spacial score (nSPS) is 20.1. The van der Waals surface area contributed by atoms with Crippen LogP contribution in [0.15, 0.2) is 41.6 Å². The summed E-state index contributed by atoms with van der Waals surface area (Å²) in [6, 6.07) is 9.69. The van der Waals surface area contributed by atoms with Crippen LogP contribution in [0.5, 0.6) is 0 Å². The summed E-state index contributed by atoms with van der Waals surface area (Å²) in [5, 5.41) is 2.73. The summed E-state index contributed by atoms with van der Waals surface area (Å²) < 4.78 is 0. The Morgan fingerprint density at radius 1 is 1.29 bits per heavy atom. The second-order valence-electron chi connectivity index (χ2n) is 4.31. The molecule has 0 aromatic heterocycles. The van der Waals surface area contributed by atoms with Crippen LogP contribution in [-0.4, -0.2) is 11.7 Å². The lowest BCUT2D eigenvalue weighted by Crippen LogP contribution is -2.33. The quantitative estimate of drug-likeness (QED) is 0.844. The predicted molar refractivity (Wildman–Crippen MR) is 65.3 cm³/mol. The molecule has 1 atom stereocenters. The van der Waals surface area contributed by atoms with Gasteiger partial charge in [-0.3, -0.25) is 9.59 Å². The van der Waals surface area contributed by atoms with E-state index in [1.54, 1.807) is 13.8 Å². The summed E-state index contributed by atoms with van der Waals surface area (Å²) in [5.41, 5.74) is 2.42. The fraction of sp³-hybridized carbons (Fsp3) is 0.286. The molecule has 0 radical (unpaired) electrons. The van der Waals surface area contributed by atoms with Crippen LogP contribution >= 0.6 is 0 Å². The van der Waals surface area contributed by atoms with Gasteiger partial charge in [0.15, 0.2) is 5.78 Å². The van der Waals surface area contributed by atoms with Crippen LogP contribution in [0.2, 0.25) is 0 Å². The summed E-state index contributed by atoms with van der Waals surface area (Å²) in [5.74, 6) is -0.111. The molecule has 1 unspecified atom stereocenters. The lowest BCUT2D eigenvalue weighted by Gasteiger charge is -2.26. The number of amides is 1. The molecule has 1 N–H and O–H groups in total. The molecule has 0 fully saturated rings.